The van der Waals surface area contributed by atoms with Crippen LogP contribution >= 0.6 is 0 Å². The first-order valence-electron chi connectivity index (χ1n) is 7.90. The van der Waals surface area contributed by atoms with Crippen LogP contribution in [0.3, 0.4) is 0 Å². The van der Waals surface area contributed by atoms with Crippen LogP contribution in [0.5, 0.6) is 0 Å². The largest absolute Gasteiger partial charge is 0.0620 e. The highest BCUT2D eigenvalue weighted by atomic mass is 14.3. The maximum atomic E-state index is 2.36. The normalized spacial score (nSPS) is 29.6. The zero-order chi connectivity index (χ0) is 12.4. The Hall–Kier alpha value is -0.780. The average Bonchev–Trinajstić information content (AvgIpc) is 2.94. The third-order valence-electron chi connectivity index (χ3n) is 5.47. The van der Waals surface area contributed by atoms with Gasteiger partial charge in [0.25, 0.3) is 0 Å². The molecule has 0 nitrogen and oxygen atoms in total. The third kappa shape index (κ3) is 2.48. The van der Waals surface area contributed by atoms with Gasteiger partial charge in [0.1, 0.15) is 0 Å². The second-order valence-corrected chi connectivity index (χ2v) is 6.51. The smallest absolute Gasteiger partial charge is 0.0159 e. The van der Waals surface area contributed by atoms with Crippen molar-refractivity contribution in [3.63, 3.8) is 0 Å². The molecule has 2 aliphatic rings. The Morgan fingerprint density at radius 2 is 1.39 bits per heavy atom. The highest BCUT2D eigenvalue weighted by Crippen LogP contribution is 2.43. The second-order valence-electron chi connectivity index (χ2n) is 6.51. The fourth-order valence-corrected chi connectivity index (χ4v) is 4.38. The summed E-state index contributed by atoms with van der Waals surface area (Å²) in [5.41, 5.74) is 3.13. The minimum Gasteiger partial charge on any atom is -0.0620 e. The quantitative estimate of drug-likeness (QED) is 0.646. The van der Waals surface area contributed by atoms with Crippen LogP contribution in [0.2, 0.25) is 0 Å². The minimum atomic E-state index is 0.851. The van der Waals surface area contributed by atoms with Crippen LogP contribution in [0.15, 0.2) is 24.3 Å². The average molecular weight is 242 g/mol. The predicted molar refractivity (Wildman–Crippen MR) is 77.8 cm³/mol. The molecule has 0 aromatic heterocycles. The lowest BCUT2D eigenvalue weighted by molar-refractivity contribution is 0.235. The summed E-state index contributed by atoms with van der Waals surface area (Å²) >= 11 is 0. The van der Waals surface area contributed by atoms with Crippen LogP contribution in [0.1, 0.15) is 68.4 Å². The molecule has 0 heteroatoms. The summed E-state index contributed by atoms with van der Waals surface area (Å²) in [5.74, 6) is 3.00. The molecule has 3 rings (SSSR count). The molecule has 2 aliphatic carbocycles. The first-order valence-corrected chi connectivity index (χ1v) is 7.90. The molecule has 2 fully saturated rings. The topological polar surface area (TPSA) is 0 Å². The van der Waals surface area contributed by atoms with E-state index < -0.39 is 0 Å². The van der Waals surface area contributed by atoms with Crippen molar-refractivity contribution in [3.05, 3.63) is 35.4 Å². The van der Waals surface area contributed by atoms with Gasteiger partial charge in [-0.3, -0.25) is 0 Å². The van der Waals surface area contributed by atoms with Crippen molar-refractivity contribution in [2.75, 3.05) is 0 Å². The first-order chi connectivity index (χ1) is 8.84. The van der Waals surface area contributed by atoms with Gasteiger partial charge in [0.05, 0.1) is 0 Å². The highest BCUT2D eigenvalue weighted by Gasteiger charge is 2.30. The van der Waals surface area contributed by atoms with Crippen molar-refractivity contribution in [2.45, 2.75) is 64.2 Å². The molecule has 0 heterocycles. The highest BCUT2D eigenvalue weighted by molar-refractivity contribution is 5.29. The lowest BCUT2D eigenvalue weighted by Gasteiger charge is -2.33. The van der Waals surface area contributed by atoms with Gasteiger partial charge >= 0.3 is 0 Å². The minimum absolute atomic E-state index is 0.851. The van der Waals surface area contributed by atoms with Gasteiger partial charge in [-0.2, -0.15) is 0 Å². The Morgan fingerprint density at radius 3 is 2.06 bits per heavy atom. The zero-order valence-electron chi connectivity index (χ0n) is 11.7. The van der Waals surface area contributed by atoms with Gasteiger partial charge in [0.2, 0.25) is 0 Å². The number of hydrogen-bond donors (Lipinski definition) is 0. The molecule has 0 radical (unpaired) electrons. The molecular weight excluding hydrogens is 216 g/mol. The monoisotopic (exact) mass is 242 g/mol. The van der Waals surface area contributed by atoms with Gasteiger partial charge in [-0.15, -0.1) is 0 Å². The van der Waals surface area contributed by atoms with E-state index in [9.17, 15) is 0 Å². The molecule has 0 atom stereocenters. The van der Waals surface area contributed by atoms with E-state index in [1.165, 1.54) is 56.9 Å². The molecule has 0 N–H and O–H groups in total. The lowest BCUT2D eigenvalue weighted by atomic mass is 9.73. The first kappa shape index (κ1) is 12.3. The molecule has 0 bridgehead atoms. The van der Waals surface area contributed by atoms with Crippen LogP contribution in [0, 0.1) is 18.8 Å². The Morgan fingerprint density at radius 1 is 0.778 bits per heavy atom. The van der Waals surface area contributed by atoms with Crippen LogP contribution in [0.25, 0.3) is 0 Å². The number of rotatable bonds is 2. The fraction of sp³-hybridized carbons (Fsp3) is 0.667. The standard InChI is InChI=1S/C18H26/c1-14-6-2-5-9-18(14)17-12-10-16(11-13-17)15-7-3-4-8-15/h2,5-6,9,15-17H,3-4,7-8,10-13H2,1H3. The van der Waals surface area contributed by atoms with Crippen molar-refractivity contribution in [1.82, 2.24) is 0 Å². The van der Waals surface area contributed by atoms with Gasteiger partial charge < -0.3 is 0 Å². The van der Waals surface area contributed by atoms with E-state index in [2.05, 4.69) is 31.2 Å². The molecule has 1 aromatic carbocycles. The SMILES string of the molecule is Cc1ccccc1C1CCC(C2CCCC2)CC1. The van der Waals surface area contributed by atoms with E-state index in [1.807, 2.05) is 0 Å². The Labute approximate surface area is 112 Å². The van der Waals surface area contributed by atoms with E-state index in [0.717, 1.165) is 17.8 Å². The molecule has 2 saturated carbocycles. The summed E-state index contributed by atoms with van der Waals surface area (Å²) < 4.78 is 0. The Kier molecular flexibility index (Phi) is 3.72. The summed E-state index contributed by atoms with van der Waals surface area (Å²) in [6, 6.07) is 9.02. The van der Waals surface area contributed by atoms with Gasteiger partial charge in [-0.1, -0.05) is 49.9 Å². The van der Waals surface area contributed by atoms with E-state index >= 15 is 0 Å². The van der Waals surface area contributed by atoms with Gasteiger partial charge in [-0.05, 0) is 61.5 Å². The summed E-state index contributed by atoms with van der Waals surface area (Å²) in [7, 11) is 0. The van der Waals surface area contributed by atoms with Crippen molar-refractivity contribution < 1.29 is 0 Å². The van der Waals surface area contributed by atoms with Crippen LogP contribution in [-0.2, 0) is 0 Å². The molecule has 0 amide bonds. The van der Waals surface area contributed by atoms with Crippen LogP contribution in [-0.4, -0.2) is 0 Å². The number of aryl methyl sites for hydroxylation is 1. The summed E-state index contributed by atoms with van der Waals surface area (Å²) in [6.07, 6.45) is 11.9. The Balaban J connectivity index is 1.61. The molecule has 0 aliphatic heterocycles. The van der Waals surface area contributed by atoms with Crippen molar-refractivity contribution in [1.29, 1.82) is 0 Å². The van der Waals surface area contributed by atoms with E-state index in [0.29, 0.717) is 0 Å². The van der Waals surface area contributed by atoms with Crippen LogP contribution < -0.4 is 0 Å². The molecule has 98 valence electrons. The van der Waals surface area contributed by atoms with E-state index in [4.69, 9.17) is 0 Å². The number of benzene rings is 1. The van der Waals surface area contributed by atoms with E-state index in [1.54, 1.807) is 5.56 Å². The second kappa shape index (κ2) is 5.47. The van der Waals surface area contributed by atoms with E-state index in [-0.39, 0.29) is 0 Å². The molecule has 1 aromatic rings. The molecule has 0 unspecified atom stereocenters. The maximum Gasteiger partial charge on any atom is -0.0159 e. The predicted octanol–water partition coefficient (Wildman–Crippen LogP) is 5.46. The maximum absolute atomic E-state index is 2.36. The van der Waals surface area contributed by atoms with Crippen molar-refractivity contribution in [3.8, 4) is 0 Å². The van der Waals surface area contributed by atoms with Crippen molar-refractivity contribution in [2.24, 2.45) is 11.8 Å². The summed E-state index contributed by atoms with van der Waals surface area (Å²) in [4.78, 5) is 0. The van der Waals surface area contributed by atoms with Gasteiger partial charge in [0.15, 0.2) is 0 Å². The fourth-order valence-electron chi connectivity index (χ4n) is 4.38. The molecule has 0 saturated heterocycles. The summed E-state index contributed by atoms with van der Waals surface area (Å²) in [6.45, 7) is 2.28. The number of hydrogen-bond acceptors (Lipinski definition) is 0. The lowest BCUT2D eigenvalue weighted by Crippen LogP contribution is -2.19. The zero-order valence-corrected chi connectivity index (χ0v) is 11.7. The summed E-state index contributed by atoms with van der Waals surface area (Å²) in [5, 5.41) is 0. The van der Waals surface area contributed by atoms with Gasteiger partial charge in [-0.25, -0.2) is 0 Å². The molecule has 0 spiro atoms. The molecule has 18 heavy (non-hydrogen) atoms. The Bertz CT molecular complexity index is 379. The van der Waals surface area contributed by atoms with Gasteiger partial charge in [0, 0.05) is 0 Å². The third-order valence-corrected chi connectivity index (χ3v) is 5.47. The van der Waals surface area contributed by atoms with Crippen molar-refractivity contribution >= 4 is 0 Å². The molecular formula is C18H26. The van der Waals surface area contributed by atoms with Crippen LogP contribution in [0.4, 0.5) is 0 Å².